The van der Waals surface area contributed by atoms with E-state index in [-0.39, 0.29) is 5.91 Å². The van der Waals surface area contributed by atoms with E-state index in [9.17, 15) is 4.79 Å². The highest BCUT2D eigenvalue weighted by molar-refractivity contribution is 5.97. The molecule has 0 aliphatic heterocycles. The van der Waals surface area contributed by atoms with Gasteiger partial charge in [-0.25, -0.2) is 5.48 Å². The van der Waals surface area contributed by atoms with E-state index in [1.165, 1.54) is 0 Å². The smallest absolute Gasteiger partial charge is 0.274 e. The second-order valence-electron chi connectivity index (χ2n) is 3.04. The summed E-state index contributed by atoms with van der Waals surface area (Å²) in [4.78, 5) is 16.3. The first-order valence-electron chi connectivity index (χ1n) is 4.66. The van der Waals surface area contributed by atoms with E-state index in [1.54, 1.807) is 25.3 Å². The lowest BCUT2D eigenvalue weighted by atomic mass is 10.1. The Morgan fingerprint density at radius 2 is 2.47 bits per heavy atom. The highest BCUT2D eigenvalue weighted by atomic mass is 16.6. The fourth-order valence-electron chi connectivity index (χ4n) is 1.28. The summed E-state index contributed by atoms with van der Waals surface area (Å²) in [5.74, 6) is -0.250. The average Bonchev–Trinajstić information content (AvgIpc) is 2.72. The van der Waals surface area contributed by atoms with E-state index >= 15 is 0 Å². The fourth-order valence-corrected chi connectivity index (χ4v) is 1.28. The summed E-state index contributed by atoms with van der Waals surface area (Å²) < 4.78 is 0. The molecule has 0 unspecified atom stereocenters. The zero-order valence-electron chi connectivity index (χ0n) is 8.28. The molecule has 1 amide bonds. The monoisotopic (exact) mass is 205 g/mol. The van der Waals surface area contributed by atoms with Crippen LogP contribution in [-0.2, 0) is 4.84 Å². The molecule has 0 aliphatic rings. The predicted molar refractivity (Wildman–Crippen MR) is 55.2 cm³/mol. The molecule has 1 heterocycles. The van der Waals surface area contributed by atoms with Gasteiger partial charge in [-0.2, -0.15) is 5.10 Å². The van der Waals surface area contributed by atoms with Crippen LogP contribution < -0.4 is 5.48 Å². The van der Waals surface area contributed by atoms with E-state index in [0.717, 1.165) is 10.9 Å². The van der Waals surface area contributed by atoms with Crippen molar-refractivity contribution in [3.8, 4) is 0 Å². The summed E-state index contributed by atoms with van der Waals surface area (Å²) in [5, 5.41) is 7.59. The lowest BCUT2D eigenvalue weighted by molar-refractivity contribution is 0.0364. The average molecular weight is 205 g/mol. The van der Waals surface area contributed by atoms with Gasteiger partial charge >= 0.3 is 0 Å². The van der Waals surface area contributed by atoms with Crippen LogP contribution in [0.3, 0.4) is 0 Å². The summed E-state index contributed by atoms with van der Waals surface area (Å²) in [6.45, 7) is 2.25. The van der Waals surface area contributed by atoms with Crippen LogP contribution in [0.15, 0.2) is 24.4 Å². The Morgan fingerprint density at radius 3 is 3.27 bits per heavy atom. The standard InChI is InChI=1S/C10H11N3O2/c1-2-15-13-10(14)7-3-4-9-8(5-7)6-11-12-9/h3-6H,2H2,1H3,(H,11,12)(H,13,14). The van der Waals surface area contributed by atoms with Crippen LogP contribution in [0.2, 0.25) is 0 Å². The molecule has 0 saturated carbocycles. The topological polar surface area (TPSA) is 67.0 Å². The molecule has 0 saturated heterocycles. The highest BCUT2D eigenvalue weighted by Crippen LogP contribution is 2.12. The third-order valence-electron chi connectivity index (χ3n) is 2.01. The Labute approximate surface area is 86.4 Å². The Bertz CT molecular complexity index is 478. The molecule has 0 fully saturated rings. The van der Waals surface area contributed by atoms with Gasteiger partial charge in [-0.05, 0) is 25.1 Å². The number of aromatic nitrogens is 2. The van der Waals surface area contributed by atoms with E-state index in [1.807, 2.05) is 6.07 Å². The molecule has 0 radical (unpaired) electrons. The number of amides is 1. The van der Waals surface area contributed by atoms with Crippen LogP contribution in [0, 0.1) is 0 Å². The predicted octanol–water partition coefficient (Wildman–Crippen LogP) is 1.24. The number of hydrogen-bond donors (Lipinski definition) is 2. The molecule has 0 atom stereocenters. The molecular formula is C10H11N3O2. The number of carbonyl (C=O) groups is 1. The van der Waals surface area contributed by atoms with Crippen molar-refractivity contribution in [2.75, 3.05) is 6.61 Å². The first-order chi connectivity index (χ1) is 7.31. The molecule has 0 spiro atoms. The van der Waals surface area contributed by atoms with Gasteiger partial charge in [-0.3, -0.25) is 14.7 Å². The number of hydroxylamine groups is 1. The van der Waals surface area contributed by atoms with Crippen LogP contribution in [-0.4, -0.2) is 22.7 Å². The number of fused-ring (bicyclic) bond motifs is 1. The fraction of sp³-hybridized carbons (Fsp3) is 0.200. The first-order valence-corrected chi connectivity index (χ1v) is 4.66. The van der Waals surface area contributed by atoms with Crippen LogP contribution in [0.25, 0.3) is 10.9 Å². The first kappa shape index (κ1) is 9.67. The minimum atomic E-state index is -0.250. The maximum absolute atomic E-state index is 11.5. The van der Waals surface area contributed by atoms with Crippen molar-refractivity contribution in [3.05, 3.63) is 30.0 Å². The Balaban J connectivity index is 2.23. The van der Waals surface area contributed by atoms with Gasteiger partial charge in [0.15, 0.2) is 0 Å². The number of hydrogen-bond acceptors (Lipinski definition) is 3. The third-order valence-corrected chi connectivity index (χ3v) is 2.01. The lowest BCUT2D eigenvalue weighted by Gasteiger charge is -2.03. The molecule has 5 heteroatoms. The van der Waals surface area contributed by atoms with Gasteiger partial charge in [-0.1, -0.05) is 0 Å². The van der Waals surface area contributed by atoms with E-state index < -0.39 is 0 Å². The summed E-state index contributed by atoms with van der Waals surface area (Å²) in [6, 6.07) is 5.28. The maximum Gasteiger partial charge on any atom is 0.274 e. The van der Waals surface area contributed by atoms with Gasteiger partial charge < -0.3 is 0 Å². The Morgan fingerprint density at radius 1 is 1.60 bits per heavy atom. The molecule has 15 heavy (non-hydrogen) atoms. The number of rotatable bonds is 3. The number of nitrogens with one attached hydrogen (secondary N) is 2. The summed E-state index contributed by atoms with van der Waals surface area (Å²) in [5.41, 5.74) is 3.79. The highest BCUT2D eigenvalue weighted by Gasteiger charge is 2.06. The molecule has 2 rings (SSSR count). The molecule has 2 N–H and O–H groups in total. The molecule has 0 aliphatic carbocycles. The molecule has 1 aromatic carbocycles. The van der Waals surface area contributed by atoms with Crippen molar-refractivity contribution in [3.63, 3.8) is 0 Å². The van der Waals surface area contributed by atoms with Crippen molar-refractivity contribution in [2.24, 2.45) is 0 Å². The van der Waals surface area contributed by atoms with Gasteiger partial charge in [0, 0.05) is 10.9 Å². The zero-order valence-corrected chi connectivity index (χ0v) is 8.28. The van der Waals surface area contributed by atoms with Gasteiger partial charge in [0.2, 0.25) is 0 Å². The van der Waals surface area contributed by atoms with Crippen LogP contribution >= 0.6 is 0 Å². The second-order valence-corrected chi connectivity index (χ2v) is 3.04. The van der Waals surface area contributed by atoms with Crippen LogP contribution in [0.1, 0.15) is 17.3 Å². The van der Waals surface area contributed by atoms with Gasteiger partial charge in [0.1, 0.15) is 0 Å². The van der Waals surface area contributed by atoms with Crippen molar-refractivity contribution in [1.29, 1.82) is 0 Å². The zero-order chi connectivity index (χ0) is 10.7. The SMILES string of the molecule is CCONC(=O)c1ccc2[nH]ncc2c1. The van der Waals surface area contributed by atoms with Crippen molar-refractivity contribution in [1.82, 2.24) is 15.7 Å². The maximum atomic E-state index is 11.5. The number of H-pyrrole nitrogens is 1. The summed E-state index contributed by atoms with van der Waals surface area (Å²) in [6.07, 6.45) is 1.67. The number of aromatic amines is 1. The van der Waals surface area contributed by atoms with Crippen molar-refractivity contribution >= 4 is 16.8 Å². The van der Waals surface area contributed by atoms with Gasteiger partial charge in [0.05, 0.1) is 18.3 Å². The number of nitrogens with zero attached hydrogens (tertiary/aromatic N) is 1. The van der Waals surface area contributed by atoms with Crippen molar-refractivity contribution in [2.45, 2.75) is 6.92 Å². The van der Waals surface area contributed by atoms with Gasteiger partial charge in [-0.15, -0.1) is 0 Å². The molecule has 2 aromatic rings. The van der Waals surface area contributed by atoms with E-state index in [2.05, 4.69) is 15.7 Å². The lowest BCUT2D eigenvalue weighted by Crippen LogP contribution is -2.23. The largest absolute Gasteiger partial charge is 0.278 e. The Kier molecular flexibility index (Phi) is 2.64. The number of benzene rings is 1. The quantitative estimate of drug-likeness (QED) is 0.741. The van der Waals surface area contributed by atoms with E-state index in [0.29, 0.717) is 12.2 Å². The second kappa shape index (κ2) is 4.10. The third kappa shape index (κ3) is 1.97. The Hall–Kier alpha value is -1.88. The summed E-state index contributed by atoms with van der Waals surface area (Å²) in [7, 11) is 0. The van der Waals surface area contributed by atoms with Crippen molar-refractivity contribution < 1.29 is 9.63 Å². The van der Waals surface area contributed by atoms with Crippen LogP contribution in [0.5, 0.6) is 0 Å². The molecule has 5 nitrogen and oxygen atoms in total. The van der Waals surface area contributed by atoms with Gasteiger partial charge in [0.25, 0.3) is 5.91 Å². The van der Waals surface area contributed by atoms with E-state index in [4.69, 9.17) is 4.84 Å². The normalized spacial score (nSPS) is 10.5. The molecule has 0 bridgehead atoms. The molecule has 1 aromatic heterocycles. The minimum absolute atomic E-state index is 0.250. The summed E-state index contributed by atoms with van der Waals surface area (Å²) >= 11 is 0. The molecule has 78 valence electrons. The minimum Gasteiger partial charge on any atom is -0.278 e. The molecular weight excluding hydrogens is 194 g/mol. The van der Waals surface area contributed by atoms with Crippen LogP contribution in [0.4, 0.5) is 0 Å². The number of carbonyl (C=O) groups excluding carboxylic acids is 1.